The Balaban J connectivity index is 1.73. The van der Waals surface area contributed by atoms with Crippen molar-refractivity contribution in [1.82, 2.24) is 29.6 Å². The Morgan fingerprint density at radius 2 is 2.25 bits per heavy atom. The number of nitrogens with zero attached hydrogens (tertiary/aromatic N) is 6. The van der Waals surface area contributed by atoms with E-state index in [1.54, 1.807) is 17.4 Å². The molecule has 1 amide bonds. The van der Waals surface area contributed by atoms with Crippen molar-refractivity contribution < 1.29 is 4.79 Å². The summed E-state index contributed by atoms with van der Waals surface area (Å²) < 4.78 is 1.95. The third-order valence-electron chi connectivity index (χ3n) is 3.15. The average molecular weight is 273 g/mol. The topological polar surface area (TPSA) is 88.8 Å². The monoisotopic (exact) mass is 273 g/mol. The molecule has 2 aromatic rings. The molecule has 0 radical (unpaired) electrons. The SMILES string of the molecule is CCNc1cnc(C(=O)N2CCn3cnnc3C2)cn1. The van der Waals surface area contributed by atoms with Crippen LogP contribution in [0.3, 0.4) is 0 Å². The highest BCUT2D eigenvalue weighted by molar-refractivity contribution is 5.92. The standard InChI is InChI=1S/C12H15N7O/c1-2-13-10-6-14-9(5-15-10)12(20)18-3-4-19-8-16-17-11(19)7-18/h5-6,8H,2-4,7H2,1H3,(H,13,15). The van der Waals surface area contributed by atoms with Crippen molar-refractivity contribution in [3.63, 3.8) is 0 Å². The van der Waals surface area contributed by atoms with Crippen LogP contribution < -0.4 is 5.32 Å². The number of carbonyl (C=O) groups is 1. The number of hydrogen-bond acceptors (Lipinski definition) is 6. The van der Waals surface area contributed by atoms with Crippen LogP contribution in [0.1, 0.15) is 23.2 Å². The van der Waals surface area contributed by atoms with E-state index in [9.17, 15) is 4.79 Å². The zero-order valence-electron chi connectivity index (χ0n) is 11.2. The quantitative estimate of drug-likeness (QED) is 0.856. The summed E-state index contributed by atoms with van der Waals surface area (Å²) >= 11 is 0. The van der Waals surface area contributed by atoms with Gasteiger partial charge in [-0.15, -0.1) is 10.2 Å². The van der Waals surface area contributed by atoms with E-state index in [2.05, 4.69) is 25.5 Å². The van der Waals surface area contributed by atoms with Crippen LogP contribution in [-0.4, -0.2) is 48.6 Å². The lowest BCUT2D eigenvalue weighted by Gasteiger charge is -2.26. The van der Waals surface area contributed by atoms with Crippen LogP contribution in [0, 0.1) is 0 Å². The number of aromatic nitrogens is 5. The van der Waals surface area contributed by atoms with E-state index < -0.39 is 0 Å². The van der Waals surface area contributed by atoms with E-state index in [4.69, 9.17) is 0 Å². The molecule has 0 aromatic carbocycles. The molecule has 0 spiro atoms. The highest BCUT2D eigenvalue weighted by atomic mass is 16.2. The predicted molar refractivity (Wildman–Crippen MR) is 71.0 cm³/mol. The maximum atomic E-state index is 12.3. The minimum absolute atomic E-state index is 0.130. The minimum Gasteiger partial charge on any atom is -0.369 e. The van der Waals surface area contributed by atoms with Gasteiger partial charge < -0.3 is 14.8 Å². The number of nitrogens with one attached hydrogen (secondary N) is 1. The van der Waals surface area contributed by atoms with Crippen molar-refractivity contribution in [3.8, 4) is 0 Å². The van der Waals surface area contributed by atoms with Gasteiger partial charge in [-0.1, -0.05) is 0 Å². The van der Waals surface area contributed by atoms with Crippen LogP contribution in [-0.2, 0) is 13.1 Å². The minimum atomic E-state index is -0.130. The normalized spacial score (nSPS) is 13.9. The molecule has 0 bridgehead atoms. The molecule has 0 aliphatic carbocycles. The van der Waals surface area contributed by atoms with E-state index in [-0.39, 0.29) is 5.91 Å². The van der Waals surface area contributed by atoms with Gasteiger partial charge in [0, 0.05) is 19.6 Å². The molecule has 104 valence electrons. The van der Waals surface area contributed by atoms with Crippen LogP contribution in [0.15, 0.2) is 18.7 Å². The van der Waals surface area contributed by atoms with Crippen molar-refractivity contribution in [1.29, 1.82) is 0 Å². The molecule has 1 N–H and O–H groups in total. The number of rotatable bonds is 3. The first-order valence-corrected chi connectivity index (χ1v) is 6.50. The van der Waals surface area contributed by atoms with E-state index >= 15 is 0 Å². The van der Waals surface area contributed by atoms with Crippen LogP contribution in [0.2, 0.25) is 0 Å². The second-order valence-electron chi connectivity index (χ2n) is 4.48. The zero-order valence-corrected chi connectivity index (χ0v) is 11.2. The van der Waals surface area contributed by atoms with E-state index in [1.165, 1.54) is 6.20 Å². The van der Waals surface area contributed by atoms with Gasteiger partial charge in [0.1, 0.15) is 17.8 Å². The highest BCUT2D eigenvalue weighted by Gasteiger charge is 2.23. The molecule has 0 unspecified atom stereocenters. The lowest BCUT2D eigenvalue weighted by Crippen LogP contribution is -2.38. The van der Waals surface area contributed by atoms with Crippen LogP contribution in [0.5, 0.6) is 0 Å². The fourth-order valence-corrected chi connectivity index (χ4v) is 2.11. The predicted octanol–water partition coefficient (Wildman–Crippen LogP) is 0.156. The van der Waals surface area contributed by atoms with E-state index in [1.807, 2.05) is 11.5 Å². The molecule has 8 heteroatoms. The molecule has 0 saturated carbocycles. The first kappa shape index (κ1) is 12.5. The van der Waals surface area contributed by atoms with Gasteiger partial charge in [0.05, 0.1) is 18.9 Å². The van der Waals surface area contributed by atoms with Gasteiger partial charge in [-0.25, -0.2) is 9.97 Å². The van der Waals surface area contributed by atoms with Crippen LogP contribution in [0.4, 0.5) is 5.82 Å². The summed E-state index contributed by atoms with van der Waals surface area (Å²) in [5.41, 5.74) is 0.347. The molecule has 1 aliphatic heterocycles. The summed E-state index contributed by atoms with van der Waals surface area (Å²) in [7, 11) is 0. The highest BCUT2D eigenvalue weighted by Crippen LogP contribution is 2.12. The third kappa shape index (κ3) is 2.31. The van der Waals surface area contributed by atoms with Gasteiger partial charge in [0.15, 0.2) is 5.82 Å². The molecule has 0 saturated heterocycles. The summed E-state index contributed by atoms with van der Waals surface area (Å²) in [6, 6.07) is 0. The van der Waals surface area contributed by atoms with Gasteiger partial charge in [0.25, 0.3) is 5.91 Å². The van der Waals surface area contributed by atoms with Gasteiger partial charge in [-0.3, -0.25) is 4.79 Å². The van der Waals surface area contributed by atoms with Gasteiger partial charge in [-0.2, -0.15) is 0 Å². The zero-order chi connectivity index (χ0) is 13.9. The van der Waals surface area contributed by atoms with Crippen LogP contribution >= 0.6 is 0 Å². The third-order valence-corrected chi connectivity index (χ3v) is 3.15. The number of anilines is 1. The lowest BCUT2D eigenvalue weighted by molar-refractivity contribution is 0.0701. The Morgan fingerprint density at radius 1 is 1.35 bits per heavy atom. The van der Waals surface area contributed by atoms with Crippen molar-refractivity contribution in [2.75, 3.05) is 18.4 Å². The number of carbonyl (C=O) groups excluding carboxylic acids is 1. The molecule has 0 fully saturated rings. The molecular formula is C12H15N7O. The number of hydrogen-bond donors (Lipinski definition) is 1. The molecule has 20 heavy (non-hydrogen) atoms. The van der Waals surface area contributed by atoms with E-state index in [0.717, 1.165) is 12.4 Å². The van der Waals surface area contributed by atoms with Crippen LogP contribution in [0.25, 0.3) is 0 Å². The molecule has 3 rings (SSSR count). The largest absolute Gasteiger partial charge is 0.369 e. The van der Waals surface area contributed by atoms with Crippen molar-refractivity contribution >= 4 is 11.7 Å². The molecule has 0 atom stereocenters. The van der Waals surface area contributed by atoms with Crippen molar-refractivity contribution in [2.45, 2.75) is 20.0 Å². The summed E-state index contributed by atoms with van der Waals surface area (Å²) in [6.45, 7) is 4.53. The van der Waals surface area contributed by atoms with Crippen molar-refractivity contribution in [2.24, 2.45) is 0 Å². The van der Waals surface area contributed by atoms with Gasteiger partial charge >= 0.3 is 0 Å². The fraction of sp³-hybridized carbons (Fsp3) is 0.417. The Morgan fingerprint density at radius 3 is 3.00 bits per heavy atom. The second kappa shape index (κ2) is 5.24. The molecule has 3 heterocycles. The Hall–Kier alpha value is -2.51. The molecule has 8 nitrogen and oxygen atoms in total. The first-order chi connectivity index (χ1) is 9.78. The Kier molecular flexibility index (Phi) is 3.28. The number of amides is 1. The molecular weight excluding hydrogens is 258 g/mol. The lowest BCUT2D eigenvalue weighted by atomic mass is 10.3. The smallest absolute Gasteiger partial charge is 0.274 e. The van der Waals surface area contributed by atoms with Gasteiger partial charge in [-0.05, 0) is 6.92 Å². The summed E-state index contributed by atoms with van der Waals surface area (Å²) in [5, 5.41) is 10.9. The Bertz CT molecular complexity index is 607. The summed E-state index contributed by atoms with van der Waals surface area (Å²) in [4.78, 5) is 22.4. The molecule has 2 aromatic heterocycles. The summed E-state index contributed by atoms with van der Waals surface area (Å²) in [5.74, 6) is 1.33. The summed E-state index contributed by atoms with van der Waals surface area (Å²) in [6.07, 6.45) is 4.75. The second-order valence-corrected chi connectivity index (χ2v) is 4.48. The van der Waals surface area contributed by atoms with E-state index in [0.29, 0.717) is 31.1 Å². The number of fused-ring (bicyclic) bond motifs is 1. The maximum Gasteiger partial charge on any atom is 0.274 e. The maximum absolute atomic E-state index is 12.3. The van der Waals surface area contributed by atoms with Gasteiger partial charge in [0.2, 0.25) is 0 Å². The Labute approximate surface area is 115 Å². The molecule has 1 aliphatic rings. The average Bonchev–Trinajstić information content (AvgIpc) is 2.95. The van der Waals surface area contributed by atoms with Crippen molar-refractivity contribution in [3.05, 3.63) is 30.2 Å². The first-order valence-electron chi connectivity index (χ1n) is 6.50. The fourth-order valence-electron chi connectivity index (χ4n) is 2.11.